The number of amides is 1. The maximum Gasteiger partial charge on any atom is 0.349 e. The summed E-state index contributed by atoms with van der Waals surface area (Å²) in [6.45, 7) is 0. The molecule has 2 heterocycles. The van der Waals surface area contributed by atoms with E-state index in [1.165, 1.54) is 49.8 Å². The highest BCUT2D eigenvalue weighted by atomic mass is 32.2. The minimum atomic E-state index is -3.98. The molecule has 0 aliphatic rings. The molecule has 4 aromatic rings. The van der Waals surface area contributed by atoms with Crippen LogP contribution in [-0.4, -0.2) is 36.5 Å². The SMILES string of the molecule is COc1nccnc1NS(=O)(=O)c1ccc(NC(=S)NC(=O)c2cc3ccccc3oc2=O)cc1. The van der Waals surface area contributed by atoms with Gasteiger partial charge < -0.3 is 14.5 Å². The van der Waals surface area contributed by atoms with Crippen molar-refractivity contribution in [3.05, 3.63) is 83.0 Å². The zero-order chi connectivity index (χ0) is 25.0. The summed E-state index contributed by atoms with van der Waals surface area (Å²) >= 11 is 5.14. The molecule has 0 saturated carbocycles. The second-order valence-electron chi connectivity index (χ2n) is 6.94. The number of nitrogens with zero attached hydrogens (tertiary/aromatic N) is 2. The lowest BCUT2D eigenvalue weighted by Crippen LogP contribution is -2.36. The number of aromatic nitrogens is 2. The summed E-state index contributed by atoms with van der Waals surface area (Å²) in [5.74, 6) is -0.779. The number of fused-ring (bicyclic) bond motifs is 1. The van der Waals surface area contributed by atoms with Gasteiger partial charge in [-0.2, -0.15) is 0 Å². The number of rotatable bonds is 6. The molecule has 0 atom stereocenters. The lowest BCUT2D eigenvalue weighted by molar-refractivity contribution is 0.0974. The quantitative estimate of drug-likeness (QED) is 0.260. The fourth-order valence-corrected chi connectivity index (χ4v) is 4.22. The van der Waals surface area contributed by atoms with Crippen LogP contribution >= 0.6 is 12.2 Å². The average Bonchev–Trinajstić information content (AvgIpc) is 2.84. The van der Waals surface area contributed by atoms with E-state index in [1.54, 1.807) is 24.3 Å². The van der Waals surface area contributed by atoms with Gasteiger partial charge in [0.05, 0.1) is 12.0 Å². The van der Waals surface area contributed by atoms with E-state index >= 15 is 0 Å². The molecule has 2 aromatic carbocycles. The Hall–Kier alpha value is -4.36. The third-order valence-electron chi connectivity index (χ3n) is 4.62. The molecular weight excluding hydrogens is 494 g/mol. The van der Waals surface area contributed by atoms with Crippen LogP contribution in [0.25, 0.3) is 11.0 Å². The first-order chi connectivity index (χ1) is 16.8. The molecule has 0 fully saturated rings. The van der Waals surface area contributed by atoms with E-state index in [1.807, 2.05) is 0 Å². The van der Waals surface area contributed by atoms with Gasteiger partial charge in [0, 0.05) is 23.5 Å². The predicted molar refractivity (Wildman–Crippen MR) is 132 cm³/mol. The van der Waals surface area contributed by atoms with Crippen LogP contribution in [0.5, 0.6) is 5.88 Å². The topological polar surface area (TPSA) is 153 Å². The van der Waals surface area contributed by atoms with Crippen molar-refractivity contribution < 1.29 is 22.4 Å². The molecule has 0 radical (unpaired) electrons. The van der Waals surface area contributed by atoms with Crippen LogP contribution < -0.4 is 25.7 Å². The number of hydrogen-bond acceptors (Lipinski definition) is 9. The van der Waals surface area contributed by atoms with Gasteiger partial charge in [-0.3, -0.25) is 14.8 Å². The Balaban J connectivity index is 1.43. The fourth-order valence-electron chi connectivity index (χ4n) is 3.00. The molecule has 0 bridgehead atoms. The van der Waals surface area contributed by atoms with Gasteiger partial charge in [-0.05, 0) is 48.6 Å². The van der Waals surface area contributed by atoms with E-state index < -0.39 is 21.6 Å². The first-order valence-electron chi connectivity index (χ1n) is 9.90. The Morgan fingerprint density at radius 3 is 2.51 bits per heavy atom. The van der Waals surface area contributed by atoms with E-state index in [9.17, 15) is 18.0 Å². The molecule has 0 aliphatic carbocycles. The number of hydrogen-bond donors (Lipinski definition) is 3. The fraction of sp³-hybridized carbons (Fsp3) is 0.0455. The smallest absolute Gasteiger partial charge is 0.349 e. The van der Waals surface area contributed by atoms with E-state index in [-0.39, 0.29) is 27.3 Å². The Labute approximate surface area is 204 Å². The maximum atomic E-state index is 12.7. The van der Waals surface area contributed by atoms with Crippen LogP contribution in [0.3, 0.4) is 0 Å². The number of nitrogens with one attached hydrogen (secondary N) is 3. The zero-order valence-corrected chi connectivity index (χ0v) is 19.6. The Kier molecular flexibility index (Phi) is 6.71. The van der Waals surface area contributed by atoms with Crippen molar-refractivity contribution in [3.63, 3.8) is 0 Å². The van der Waals surface area contributed by atoms with Crippen molar-refractivity contribution in [2.24, 2.45) is 0 Å². The molecule has 0 aliphatic heterocycles. The van der Waals surface area contributed by atoms with E-state index in [0.717, 1.165) is 0 Å². The zero-order valence-electron chi connectivity index (χ0n) is 18.0. The second-order valence-corrected chi connectivity index (χ2v) is 9.03. The molecule has 13 heteroatoms. The van der Waals surface area contributed by atoms with Crippen LogP contribution in [0.1, 0.15) is 10.4 Å². The molecular formula is C22H17N5O6S2. The Morgan fingerprint density at radius 2 is 1.77 bits per heavy atom. The molecule has 178 valence electrons. The van der Waals surface area contributed by atoms with E-state index in [0.29, 0.717) is 16.7 Å². The van der Waals surface area contributed by atoms with Crippen LogP contribution in [0.4, 0.5) is 11.5 Å². The van der Waals surface area contributed by atoms with Crippen molar-refractivity contribution >= 4 is 55.7 Å². The maximum absolute atomic E-state index is 12.7. The van der Waals surface area contributed by atoms with Crippen LogP contribution in [0.15, 0.2) is 81.1 Å². The molecule has 35 heavy (non-hydrogen) atoms. The van der Waals surface area contributed by atoms with E-state index in [4.69, 9.17) is 21.4 Å². The number of carbonyl (C=O) groups is 1. The molecule has 0 unspecified atom stereocenters. The number of anilines is 2. The number of methoxy groups -OCH3 is 1. The van der Waals surface area contributed by atoms with Crippen molar-refractivity contribution in [1.29, 1.82) is 0 Å². The summed E-state index contributed by atoms with van der Waals surface area (Å²) in [7, 11) is -2.63. The van der Waals surface area contributed by atoms with Crippen LogP contribution in [0.2, 0.25) is 0 Å². The monoisotopic (exact) mass is 511 g/mol. The third kappa shape index (κ3) is 5.42. The van der Waals surface area contributed by atoms with Gasteiger partial charge in [0.15, 0.2) is 5.11 Å². The number of thiocarbonyl (C=S) groups is 1. The highest BCUT2D eigenvalue weighted by Crippen LogP contribution is 2.22. The summed E-state index contributed by atoms with van der Waals surface area (Å²) in [4.78, 5) is 32.4. The lowest BCUT2D eigenvalue weighted by atomic mass is 10.2. The number of carbonyl (C=O) groups excluding carboxylic acids is 1. The first-order valence-corrected chi connectivity index (χ1v) is 11.8. The van der Waals surface area contributed by atoms with Gasteiger partial charge in [-0.1, -0.05) is 18.2 Å². The van der Waals surface area contributed by atoms with Crippen molar-refractivity contribution in [1.82, 2.24) is 15.3 Å². The van der Waals surface area contributed by atoms with Crippen LogP contribution in [0, 0.1) is 0 Å². The largest absolute Gasteiger partial charge is 0.478 e. The molecule has 4 rings (SSSR count). The number of benzene rings is 2. The predicted octanol–water partition coefficient (Wildman–Crippen LogP) is 2.52. The highest BCUT2D eigenvalue weighted by Gasteiger charge is 2.19. The minimum Gasteiger partial charge on any atom is -0.478 e. The summed E-state index contributed by atoms with van der Waals surface area (Å²) in [6, 6.07) is 13.8. The van der Waals surface area contributed by atoms with Gasteiger partial charge in [-0.15, -0.1) is 0 Å². The summed E-state index contributed by atoms with van der Waals surface area (Å²) < 4.78 is 37.8. The molecule has 0 saturated heterocycles. The number of sulfonamides is 1. The Bertz CT molecular complexity index is 1590. The van der Waals surface area contributed by atoms with E-state index in [2.05, 4.69) is 25.3 Å². The van der Waals surface area contributed by atoms with Gasteiger partial charge in [0.25, 0.3) is 21.8 Å². The van der Waals surface area contributed by atoms with Gasteiger partial charge in [-0.25, -0.2) is 23.2 Å². The third-order valence-corrected chi connectivity index (χ3v) is 6.18. The summed E-state index contributed by atoms with van der Waals surface area (Å²) in [5, 5.41) is 5.64. The minimum absolute atomic E-state index is 0.0240. The normalized spacial score (nSPS) is 11.0. The van der Waals surface area contributed by atoms with Gasteiger partial charge in [0.1, 0.15) is 11.1 Å². The standard InChI is InChI=1S/C22H17N5O6S2/c1-32-20-18(23-10-11-24-20)27-35(30,31)15-8-6-14(7-9-15)25-22(34)26-19(28)16-12-13-4-2-3-5-17(13)33-21(16)29/h2-12H,1H3,(H,23,27)(H2,25,26,28,34). The first kappa shape index (κ1) is 23.8. The van der Waals surface area contributed by atoms with Crippen molar-refractivity contribution in [3.8, 4) is 5.88 Å². The van der Waals surface area contributed by atoms with Gasteiger partial charge >= 0.3 is 5.63 Å². The molecule has 3 N–H and O–H groups in total. The molecule has 11 nitrogen and oxygen atoms in total. The summed E-state index contributed by atoms with van der Waals surface area (Å²) in [5.41, 5.74) is -0.250. The van der Waals surface area contributed by atoms with Crippen molar-refractivity contribution in [2.75, 3.05) is 17.1 Å². The number of ether oxygens (including phenoxy) is 1. The van der Waals surface area contributed by atoms with Gasteiger partial charge in [0.2, 0.25) is 5.82 Å². The van der Waals surface area contributed by atoms with Crippen molar-refractivity contribution in [2.45, 2.75) is 4.90 Å². The number of para-hydroxylation sites is 1. The lowest BCUT2D eigenvalue weighted by Gasteiger charge is -2.11. The van der Waals surface area contributed by atoms with Crippen LogP contribution in [-0.2, 0) is 10.0 Å². The second kappa shape index (κ2) is 9.87. The highest BCUT2D eigenvalue weighted by molar-refractivity contribution is 7.92. The summed E-state index contributed by atoms with van der Waals surface area (Å²) in [6.07, 6.45) is 2.69. The molecule has 0 spiro atoms. The average molecular weight is 512 g/mol. The molecule has 1 amide bonds. The Morgan fingerprint density at radius 1 is 1.06 bits per heavy atom. The molecule has 2 aromatic heterocycles.